The van der Waals surface area contributed by atoms with E-state index < -0.39 is 5.97 Å². The molecule has 0 unspecified atom stereocenters. The molecule has 0 aromatic heterocycles. The summed E-state index contributed by atoms with van der Waals surface area (Å²) in [5.74, 6) is 0.938. The fourth-order valence-corrected chi connectivity index (χ4v) is 9.01. The summed E-state index contributed by atoms with van der Waals surface area (Å²) in [5, 5.41) is 34.1. The number of aliphatic hydroxyl groups excluding tert-OH is 2. The molecule has 0 aromatic rings. The van der Waals surface area contributed by atoms with E-state index in [9.17, 15) is 19.8 Å². The number of carboxylic acid groups (broad SMARTS) is 1. The van der Waals surface area contributed by atoms with Gasteiger partial charge in [0.05, 0.1) is 12.2 Å². The lowest BCUT2D eigenvalue weighted by atomic mass is 9.43. The molecule has 4 fully saturated rings. The maximum atomic E-state index is 12.0. The Bertz CT molecular complexity index is 727. The minimum absolute atomic E-state index is 0.220. The maximum absolute atomic E-state index is 12.0. The zero-order valence-electron chi connectivity index (χ0n) is 20.1. The number of carboxylic acids is 1. The Labute approximate surface area is 192 Å². The largest absolute Gasteiger partial charge is 0.480 e. The van der Waals surface area contributed by atoms with Crippen molar-refractivity contribution in [2.45, 2.75) is 97.2 Å². The smallest absolute Gasteiger partial charge is 0.322 e. The molecule has 4 N–H and O–H groups in total. The standard InChI is InChI=1S/C26H43NO5/c1-15(7-10-22(30)27-14-23(31)32)17-8-9-18-24-19(13-21(29)26(17,18)3)25(2)11-5-4-6-16(25)12-20(24)28/h15-21,24,28-29H,4-14H2,1-3H3,(H,27,30)(H,31,32)/t15-,16+,17-,18+,19+,20-,21+,24+,25+,26-/m1/s1. The fourth-order valence-electron chi connectivity index (χ4n) is 9.01. The van der Waals surface area contributed by atoms with Gasteiger partial charge in [-0.2, -0.15) is 0 Å². The predicted molar refractivity (Wildman–Crippen MR) is 122 cm³/mol. The van der Waals surface area contributed by atoms with Crippen LogP contribution in [0.25, 0.3) is 0 Å². The number of carbonyl (C=O) groups is 2. The minimum atomic E-state index is -1.03. The van der Waals surface area contributed by atoms with Gasteiger partial charge in [0, 0.05) is 6.42 Å². The highest BCUT2D eigenvalue weighted by molar-refractivity contribution is 5.81. The normalized spacial score (nSPS) is 46.5. The van der Waals surface area contributed by atoms with E-state index in [1.807, 2.05) is 0 Å². The number of hydrogen-bond donors (Lipinski definition) is 4. The molecule has 182 valence electrons. The zero-order valence-corrected chi connectivity index (χ0v) is 20.1. The summed E-state index contributed by atoms with van der Waals surface area (Å²) in [6.07, 6.45) is 9.18. The average molecular weight is 450 g/mol. The summed E-state index contributed by atoms with van der Waals surface area (Å²) < 4.78 is 0. The van der Waals surface area contributed by atoms with E-state index in [1.165, 1.54) is 25.7 Å². The van der Waals surface area contributed by atoms with Crippen LogP contribution >= 0.6 is 0 Å². The Morgan fingerprint density at radius 2 is 1.81 bits per heavy atom. The fraction of sp³-hybridized carbons (Fsp3) is 0.923. The molecule has 32 heavy (non-hydrogen) atoms. The molecule has 4 saturated carbocycles. The first kappa shape index (κ1) is 24.0. The number of fused-ring (bicyclic) bond motifs is 5. The van der Waals surface area contributed by atoms with E-state index >= 15 is 0 Å². The van der Waals surface area contributed by atoms with Crippen molar-refractivity contribution in [3.05, 3.63) is 0 Å². The van der Waals surface area contributed by atoms with Crippen molar-refractivity contribution in [2.24, 2.45) is 46.3 Å². The summed E-state index contributed by atoms with van der Waals surface area (Å²) in [7, 11) is 0. The van der Waals surface area contributed by atoms with E-state index in [2.05, 4.69) is 26.1 Å². The summed E-state index contributed by atoms with van der Waals surface area (Å²) in [5.41, 5.74) is 0.0212. The topological polar surface area (TPSA) is 107 Å². The molecule has 6 heteroatoms. The van der Waals surface area contributed by atoms with E-state index in [4.69, 9.17) is 5.11 Å². The highest BCUT2D eigenvalue weighted by Crippen LogP contribution is 2.68. The summed E-state index contributed by atoms with van der Waals surface area (Å²) in [6, 6.07) is 0. The summed E-state index contributed by atoms with van der Waals surface area (Å²) in [6.45, 7) is 6.53. The van der Waals surface area contributed by atoms with Gasteiger partial charge in [0.25, 0.3) is 0 Å². The first-order valence-corrected chi connectivity index (χ1v) is 12.9. The van der Waals surface area contributed by atoms with E-state index in [0.29, 0.717) is 36.5 Å². The third-order valence-corrected chi connectivity index (χ3v) is 10.7. The van der Waals surface area contributed by atoms with Crippen LogP contribution in [0.2, 0.25) is 0 Å². The molecule has 4 rings (SSSR count). The third-order valence-electron chi connectivity index (χ3n) is 10.7. The molecular weight excluding hydrogens is 406 g/mol. The molecule has 0 aromatic carbocycles. The van der Waals surface area contributed by atoms with Crippen molar-refractivity contribution in [2.75, 3.05) is 6.54 Å². The van der Waals surface area contributed by atoms with Gasteiger partial charge in [-0.05, 0) is 91.3 Å². The highest BCUT2D eigenvalue weighted by Gasteiger charge is 2.65. The second-order valence-electron chi connectivity index (χ2n) is 12.0. The van der Waals surface area contributed by atoms with Crippen molar-refractivity contribution in [3.8, 4) is 0 Å². The van der Waals surface area contributed by atoms with Crippen LogP contribution in [0.4, 0.5) is 0 Å². The van der Waals surface area contributed by atoms with Crippen molar-refractivity contribution in [3.63, 3.8) is 0 Å². The Balaban J connectivity index is 1.48. The highest BCUT2D eigenvalue weighted by atomic mass is 16.4. The van der Waals surface area contributed by atoms with Crippen LogP contribution in [0.15, 0.2) is 0 Å². The predicted octanol–water partition coefficient (Wildman–Crippen LogP) is 3.59. The molecule has 0 heterocycles. The van der Waals surface area contributed by atoms with Crippen LogP contribution < -0.4 is 5.32 Å². The van der Waals surface area contributed by atoms with Crippen molar-refractivity contribution in [1.82, 2.24) is 5.32 Å². The van der Waals surface area contributed by atoms with Crippen LogP contribution in [0.1, 0.15) is 85.0 Å². The lowest BCUT2D eigenvalue weighted by Gasteiger charge is -2.63. The number of carbonyl (C=O) groups excluding carboxylic acids is 1. The van der Waals surface area contributed by atoms with Gasteiger partial charge in [-0.3, -0.25) is 9.59 Å². The molecule has 0 aliphatic heterocycles. The van der Waals surface area contributed by atoms with Crippen LogP contribution in [0.5, 0.6) is 0 Å². The Kier molecular flexibility index (Phi) is 6.68. The quantitative estimate of drug-likeness (QED) is 0.496. The van der Waals surface area contributed by atoms with E-state index in [0.717, 1.165) is 25.7 Å². The molecule has 4 aliphatic carbocycles. The minimum Gasteiger partial charge on any atom is -0.480 e. The van der Waals surface area contributed by atoms with E-state index in [1.54, 1.807) is 0 Å². The molecular formula is C26H43NO5. The molecule has 4 aliphatic rings. The monoisotopic (exact) mass is 449 g/mol. The maximum Gasteiger partial charge on any atom is 0.322 e. The van der Waals surface area contributed by atoms with Crippen molar-refractivity contribution < 1.29 is 24.9 Å². The molecule has 1 amide bonds. The molecule has 0 saturated heterocycles. The molecule has 0 bridgehead atoms. The van der Waals surface area contributed by atoms with Gasteiger partial charge in [-0.1, -0.05) is 33.6 Å². The Hall–Kier alpha value is -1.14. The van der Waals surface area contributed by atoms with Crippen molar-refractivity contribution in [1.29, 1.82) is 0 Å². The van der Waals surface area contributed by atoms with Crippen LogP contribution in [0, 0.1) is 46.3 Å². The molecule has 0 radical (unpaired) electrons. The molecule has 10 atom stereocenters. The average Bonchev–Trinajstić information content (AvgIpc) is 3.10. The first-order valence-electron chi connectivity index (χ1n) is 12.9. The number of rotatable bonds is 6. The van der Waals surface area contributed by atoms with Gasteiger partial charge in [-0.15, -0.1) is 0 Å². The van der Waals surface area contributed by atoms with Gasteiger partial charge >= 0.3 is 5.97 Å². The van der Waals surface area contributed by atoms with Gasteiger partial charge in [-0.25, -0.2) is 0 Å². The molecule has 6 nitrogen and oxygen atoms in total. The lowest BCUT2D eigenvalue weighted by molar-refractivity contribution is -0.201. The zero-order chi connectivity index (χ0) is 23.3. The Morgan fingerprint density at radius 1 is 1.06 bits per heavy atom. The first-order chi connectivity index (χ1) is 15.1. The van der Waals surface area contributed by atoms with Crippen molar-refractivity contribution >= 4 is 11.9 Å². The Morgan fingerprint density at radius 3 is 2.53 bits per heavy atom. The van der Waals surface area contributed by atoms with Gasteiger partial charge in [0.15, 0.2) is 0 Å². The van der Waals surface area contributed by atoms with E-state index in [-0.39, 0.29) is 47.3 Å². The van der Waals surface area contributed by atoms with Crippen LogP contribution in [0.3, 0.4) is 0 Å². The number of hydrogen-bond acceptors (Lipinski definition) is 4. The van der Waals surface area contributed by atoms with Gasteiger partial charge in [0.2, 0.25) is 5.91 Å². The van der Waals surface area contributed by atoms with Crippen LogP contribution in [-0.4, -0.2) is 45.9 Å². The second-order valence-corrected chi connectivity index (χ2v) is 12.0. The van der Waals surface area contributed by atoms with Crippen LogP contribution in [-0.2, 0) is 9.59 Å². The lowest BCUT2D eigenvalue weighted by Crippen LogP contribution is -2.61. The third kappa shape index (κ3) is 3.89. The molecule has 0 spiro atoms. The van der Waals surface area contributed by atoms with Gasteiger partial charge < -0.3 is 20.6 Å². The number of amides is 1. The summed E-state index contributed by atoms with van der Waals surface area (Å²) in [4.78, 5) is 22.7. The second kappa shape index (κ2) is 8.90. The van der Waals surface area contributed by atoms with Gasteiger partial charge in [0.1, 0.15) is 6.54 Å². The number of nitrogens with one attached hydrogen (secondary N) is 1. The SMILES string of the molecule is C[C@H](CCC(=O)NCC(=O)O)[C@H]1CC[C@H]2[C@@H]3[C@H](O)C[C@@H]4CCCC[C@]4(C)[C@H]3C[C@H](O)[C@]12C. The summed E-state index contributed by atoms with van der Waals surface area (Å²) >= 11 is 0. The number of aliphatic carboxylic acids is 1. The number of aliphatic hydroxyl groups is 2.